The van der Waals surface area contributed by atoms with E-state index in [0.717, 1.165) is 31.5 Å². The van der Waals surface area contributed by atoms with Gasteiger partial charge in [0, 0.05) is 13.1 Å². The summed E-state index contributed by atoms with van der Waals surface area (Å²) in [5.41, 5.74) is 1.63. The summed E-state index contributed by atoms with van der Waals surface area (Å²) in [6.45, 7) is 5.88. The highest BCUT2D eigenvalue weighted by Crippen LogP contribution is 2.26. The van der Waals surface area contributed by atoms with Gasteiger partial charge in [0.05, 0.1) is 22.7 Å². The Morgan fingerprint density at radius 2 is 1.77 bits per heavy atom. The third kappa shape index (κ3) is 4.29. The first-order valence-corrected chi connectivity index (χ1v) is 11.5. The number of hydrogen-bond acceptors (Lipinski definition) is 4. The van der Waals surface area contributed by atoms with E-state index < -0.39 is 0 Å². The van der Waals surface area contributed by atoms with Crippen LogP contribution in [0.3, 0.4) is 0 Å². The van der Waals surface area contributed by atoms with Gasteiger partial charge in [0.2, 0.25) is 5.91 Å². The Labute approximate surface area is 181 Å². The van der Waals surface area contributed by atoms with E-state index in [1.165, 1.54) is 11.8 Å². The fourth-order valence-electron chi connectivity index (χ4n) is 3.93. The molecule has 0 aliphatic carbocycles. The molecule has 6 heteroatoms. The van der Waals surface area contributed by atoms with Gasteiger partial charge in [-0.3, -0.25) is 14.2 Å². The molecule has 1 aliphatic heterocycles. The number of aromatic nitrogens is 2. The van der Waals surface area contributed by atoms with Crippen molar-refractivity contribution in [1.82, 2.24) is 14.5 Å². The molecule has 1 aromatic heterocycles. The second kappa shape index (κ2) is 9.04. The summed E-state index contributed by atoms with van der Waals surface area (Å²) in [5.74, 6) is 1.09. The van der Waals surface area contributed by atoms with Crippen LogP contribution in [0.1, 0.15) is 38.3 Å². The number of carbonyl (C=O) groups excluding carboxylic acids is 1. The maximum atomic E-state index is 13.4. The third-order valence-electron chi connectivity index (χ3n) is 5.91. The van der Waals surface area contributed by atoms with Crippen LogP contribution in [0.25, 0.3) is 10.9 Å². The van der Waals surface area contributed by atoms with Crippen LogP contribution in [0.5, 0.6) is 0 Å². The van der Waals surface area contributed by atoms with E-state index >= 15 is 0 Å². The standard InChI is InChI=1S/C24H27N3O2S/c1-17-12-14-26(15-13-17)22(28)16-30-24-25-21-11-7-6-10-20(21)23(29)27(24)18(2)19-8-4-3-5-9-19/h3-11,17-18H,12-16H2,1-2H3/t18-/m0/s1. The summed E-state index contributed by atoms with van der Waals surface area (Å²) < 4.78 is 1.73. The van der Waals surface area contributed by atoms with Crippen molar-refractivity contribution in [3.63, 3.8) is 0 Å². The topological polar surface area (TPSA) is 55.2 Å². The number of likely N-dealkylation sites (tertiary alicyclic amines) is 1. The van der Waals surface area contributed by atoms with Crippen LogP contribution >= 0.6 is 11.8 Å². The predicted molar refractivity (Wildman–Crippen MR) is 122 cm³/mol. The van der Waals surface area contributed by atoms with Crippen LogP contribution < -0.4 is 5.56 Å². The van der Waals surface area contributed by atoms with Crippen molar-refractivity contribution in [2.24, 2.45) is 5.92 Å². The molecule has 5 nitrogen and oxygen atoms in total. The lowest BCUT2D eigenvalue weighted by molar-refractivity contribution is -0.129. The average molecular weight is 422 g/mol. The molecule has 1 saturated heterocycles. The third-order valence-corrected chi connectivity index (χ3v) is 6.84. The molecule has 2 aromatic carbocycles. The summed E-state index contributed by atoms with van der Waals surface area (Å²) >= 11 is 1.36. The van der Waals surface area contributed by atoms with E-state index in [-0.39, 0.29) is 17.5 Å². The minimum absolute atomic E-state index is 0.0706. The molecule has 1 fully saturated rings. The number of rotatable bonds is 5. The van der Waals surface area contributed by atoms with Crippen LogP contribution in [-0.2, 0) is 4.79 Å². The number of thioether (sulfide) groups is 1. The minimum atomic E-state index is -0.177. The van der Waals surface area contributed by atoms with Crippen molar-refractivity contribution >= 4 is 28.6 Å². The highest BCUT2D eigenvalue weighted by molar-refractivity contribution is 7.99. The van der Waals surface area contributed by atoms with Crippen LogP contribution in [0.15, 0.2) is 64.5 Å². The molecule has 0 bridgehead atoms. The SMILES string of the molecule is CC1CCN(C(=O)CSc2nc3ccccc3c(=O)n2[C@@H](C)c2ccccc2)CC1. The van der Waals surface area contributed by atoms with Gasteiger partial charge in [-0.15, -0.1) is 0 Å². The molecule has 1 aliphatic rings. The Bertz CT molecular complexity index is 1090. The number of amides is 1. The summed E-state index contributed by atoms with van der Waals surface area (Å²) in [5, 5.41) is 1.19. The van der Waals surface area contributed by atoms with Gasteiger partial charge >= 0.3 is 0 Å². The van der Waals surface area contributed by atoms with Crippen molar-refractivity contribution in [3.8, 4) is 0 Å². The van der Waals surface area contributed by atoms with E-state index in [0.29, 0.717) is 27.7 Å². The van der Waals surface area contributed by atoms with Crippen molar-refractivity contribution in [3.05, 3.63) is 70.5 Å². The monoisotopic (exact) mass is 421 g/mol. The van der Waals surface area contributed by atoms with E-state index in [1.807, 2.05) is 66.4 Å². The summed E-state index contributed by atoms with van der Waals surface area (Å²) in [6, 6.07) is 17.2. The van der Waals surface area contributed by atoms with Gasteiger partial charge in [0.15, 0.2) is 5.16 Å². The Morgan fingerprint density at radius 1 is 1.10 bits per heavy atom. The van der Waals surface area contributed by atoms with E-state index in [4.69, 9.17) is 4.98 Å². The first kappa shape index (κ1) is 20.7. The van der Waals surface area contributed by atoms with Gasteiger partial charge in [0.25, 0.3) is 5.56 Å². The van der Waals surface area contributed by atoms with Crippen molar-refractivity contribution in [2.45, 2.75) is 37.9 Å². The maximum Gasteiger partial charge on any atom is 0.262 e. The average Bonchev–Trinajstić information content (AvgIpc) is 2.78. The first-order valence-electron chi connectivity index (χ1n) is 10.5. The molecular formula is C24H27N3O2S. The van der Waals surface area contributed by atoms with Gasteiger partial charge in [-0.1, -0.05) is 61.2 Å². The van der Waals surface area contributed by atoms with Gasteiger partial charge in [-0.25, -0.2) is 4.98 Å². The molecule has 3 aromatic rings. The van der Waals surface area contributed by atoms with E-state index in [9.17, 15) is 9.59 Å². The molecule has 2 heterocycles. The predicted octanol–water partition coefficient (Wildman–Crippen LogP) is 4.36. The first-order chi connectivity index (χ1) is 14.5. The lowest BCUT2D eigenvalue weighted by Gasteiger charge is -2.30. The molecule has 0 N–H and O–H groups in total. The quantitative estimate of drug-likeness (QED) is 0.454. The zero-order valence-corrected chi connectivity index (χ0v) is 18.3. The highest BCUT2D eigenvalue weighted by atomic mass is 32.2. The van der Waals surface area contributed by atoms with Crippen LogP contribution in [-0.4, -0.2) is 39.2 Å². The molecule has 0 spiro atoms. The molecule has 0 radical (unpaired) electrons. The van der Waals surface area contributed by atoms with Crippen molar-refractivity contribution in [1.29, 1.82) is 0 Å². The molecule has 1 amide bonds. The second-order valence-electron chi connectivity index (χ2n) is 8.03. The van der Waals surface area contributed by atoms with Gasteiger partial charge in [-0.2, -0.15) is 0 Å². The lowest BCUT2D eigenvalue weighted by atomic mass is 9.99. The maximum absolute atomic E-state index is 13.4. The van der Waals surface area contributed by atoms with Crippen LogP contribution in [0.2, 0.25) is 0 Å². The summed E-state index contributed by atoms with van der Waals surface area (Å²) in [6.07, 6.45) is 2.11. The fourth-order valence-corrected chi connectivity index (χ4v) is 4.90. The van der Waals surface area contributed by atoms with Crippen LogP contribution in [0.4, 0.5) is 0 Å². The van der Waals surface area contributed by atoms with E-state index in [1.54, 1.807) is 4.57 Å². The largest absolute Gasteiger partial charge is 0.342 e. The smallest absolute Gasteiger partial charge is 0.262 e. The summed E-state index contributed by atoms with van der Waals surface area (Å²) in [7, 11) is 0. The lowest BCUT2D eigenvalue weighted by Crippen LogP contribution is -2.39. The molecule has 156 valence electrons. The minimum Gasteiger partial charge on any atom is -0.342 e. The number of para-hydroxylation sites is 1. The number of carbonyl (C=O) groups is 1. The fraction of sp³-hybridized carbons (Fsp3) is 0.375. The Balaban J connectivity index is 1.66. The number of nitrogens with zero attached hydrogens (tertiary/aromatic N) is 3. The second-order valence-corrected chi connectivity index (χ2v) is 8.97. The molecular weight excluding hydrogens is 394 g/mol. The molecule has 4 rings (SSSR count). The number of hydrogen-bond donors (Lipinski definition) is 0. The van der Waals surface area contributed by atoms with Crippen molar-refractivity contribution in [2.75, 3.05) is 18.8 Å². The van der Waals surface area contributed by atoms with Crippen molar-refractivity contribution < 1.29 is 4.79 Å². The molecule has 0 saturated carbocycles. The Hall–Kier alpha value is -2.60. The zero-order valence-electron chi connectivity index (χ0n) is 17.5. The van der Waals surface area contributed by atoms with Gasteiger partial charge in [-0.05, 0) is 43.4 Å². The molecule has 0 unspecified atom stereocenters. The number of fused-ring (bicyclic) bond motifs is 1. The zero-order chi connectivity index (χ0) is 21.1. The molecule has 1 atom stereocenters. The number of piperidine rings is 1. The van der Waals surface area contributed by atoms with Gasteiger partial charge in [0.1, 0.15) is 0 Å². The summed E-state index contributed by atoms with van der Waals surface area (Å²) in [4.78, 5) is 32.8. The molecule has 30 heavy (non-hydrogen) atoms. The van der Waals surface area contributed by atoms with E-state index in [2.05, 4.69) is 6.92 Å². The normalized spacial score (nSPS) is 16.0. The number of benzene rings is 2. The van der Waals surface area contributed by atoms with Crippen LogP contribution in [0, 0.1) is 5.92 Å². The highest BCUT2D eigenvalue weighted by Gasteiger charge is 2.22. The van der Waals surface area contributed by atoms with Gasteiger partial charge < -0.3 is 4.90 Å². The Morgan fingerprint density at radius 3 is 2.50 bits per heavy atom. The Kier molecular flexibility index (Phi) is 6.23.